The molecule has 0 bridgehead atoms. The maximum absolute atomic E-state index is 13.5. The van der Waals surface area contributed by atoms with Crippen molar-refractivity contribution in [2.75, 3.05) is 39.8 Å². The number of nitrogens with zero attached hydrogens (tertiary/aromatic N) is 3. The van der Waals surface area contributed by atoms with Crippen LogP contribution in [0.1, 0.15) is 18.9 Å². The number of amides is 4. The van der Waals surface area contributed by atoms with Gasteiger partial charge < -0.3 is 15.0 Å². The number of urea groups is 1. The molecule has 36 heavy (non-hydrogen) atoms. The molecule has 1 unspecified atom stereocenters. The number of rotatable bonds is 7. The fraction of sp³-hybridized carbons (Fsp3) is 0.375. The van der Waals surface area contributed by atoms with Gasteiger partial charge in [-0.05, 0) is 42.3 Å². The van der Waals surface area contributed by atoms with Crippen molar-refractivity contribution in [1.82, 2.24) is 19.4 Å². The van der Waals surface area contributed by atoms with Crippen molar-refractivity contribution in [2.24, 2.45) is 0 Å². The Morgan fingerprint density at radius 1 is 1.08 bits per heavy atom. The van der Waals surface area contributed by atoms with E-state index in [1.165, 1.54) is 28.4 Å². The smallest absolute Gasteiger partial charge is 0.325 e. The van der Waals surface area contributed by atoms with Crippen molar-refractivity contribution in [2.45, 2.75) is 23.8 Å². The molecule has 2 aliphatic rings. The summed E-state index contributed by atoms with van der Waals surface area (Å²) < 4.78 is 45.5. The Kier molecular flexibility index (Phi) is 7.01. The van der Waals surface area contributed by atoms with E-state index in [0.29, 0.717) is 11.3 Å². The molecule has 12 heteroatoms. The molecule has 4 amide bonds. The van der Waals surface area contributed by atoms with Crippen LogP contribution in [0.15, 0.2) is 53.4 Å². The van der Waals surface area contributed by atoms with Crippen LogP contribution in [0.2, 0.25) is 0 Å². The number of carbonyl (C=O) groups excluding carboxylic acids is 3. The van der Waals surface area contributed by atoms with E-state index in [4.69, 9.17) is 4.74 Å². The quantitative estimate of drug-likeness (QED) is 0.556. The van der Waals surface area contributed by atoms with E-state index in [2.05, 4.69) is 5.32 Å². The molecule has 2 saturated heterocycles. The van der Waals surface area contributed by atoms with Crippen molar-refractivity contribution in [3.8, 4) is 5.75 Å². The number of halogens is 1. The first-order valence-corrected chi connectivity index (χ1v) is 12.9. The van der Waals surface area contributed by atoms with Gasteiger partial charge in [0.1, 0.15) is 23.7 Å². The standard InChI is InChI=1S/C24H27FN4O6S/c1-3-24(17-7-9-19(35-2)10-8-17)22(31)29(23(32)26-24)16-21(30)27-11-13-28(14-12-27)36(33,34)20-6-4-5-18(25)15-20/h4-10,15H,3,11-14,16H2,1-2H3,(H,26,32). The molecule has 2 fully saturated rings. The summed E-state index contributed by atoms with van der Waals surface area (Å²) in [6.45, 7) is 1.49. The first-order valence-electron chi connectivity index (χ1n) is 11.4. The Bertz CT molecular complexity index is 1280. The van der Waals surface area contributed by atoms with Gasteiger partial charge in [-0.25, -0.2) is 17.6 Å². The van der Waals surface area contributed by atoms with Crippen molar-refractivity contribution < 1.29 is 31.9 Å². The Morgan fingerprint density at radius 2 is 1.75 bits per heavy atom. The van der Waals surface area contributed by atoms with Crippen LogP contribution in [0, 0.1) is 5.82 Å². The number of nitrogens with one attached hydrogen (secondary N) is 1. The molecule has 0 spiro atoms. The number of sulfonamides is 1. The minimum Gasteiger partial charge on any atom is -0.497 e. The molecule has 4 rings (SSSR count). The number of benzene rings is 2. The fourth-order valence-electron chi connectivity index (χ4n) is 4.47. The molecule has 0 aliphatic carbocycles. The van der Waals surface area contributed by atoms with Gasteiger partial charge in [-0.3, -0.25) is 14.5 Å². The van der Waals surface area contributed by atoms with Gasteiger partial charge in [-0.2, -0.15) is 4.31 Å². The Hall–Kier alpha value is -3.51. The molecule has 2 heterocycles. The molecule has 2 aromatic rings. The fourth-order valence-corrected chi connectivity index (χ4v) is 5.93. The highest BCUT2D eigenvalue weighted by molar-refractivity contribution is 7.89. The summed E-state index contributed by atoms with van der Waals surface area (Å²) in [6, 6.07) is 10.9. The van der Waals surface area contributed by atoms with Crippen molar-refractivity contribution in [1.29, 1.82) is 0 Å². The van der Waals surface area contributed by atoms with Crippen LogP contribution in [0.5, 0.6) is 5.75 Å². The first kappa shape index (κ1) is 25.6. The van der Waals surface area contributed by atoms with E-state index in [1.807, 2.05) is 0 Å². The van der Waals surface area contributed by atoms with Crippen LogP contribution >= 0.6 is 0 Å². The lowest BCUT2D eigenvalue weighted by molar-refractivity contribution is -0.139. The number of piperazine rings is 1. The largest absolute Gasteiger partial charge is 0.497 e. The normalized spacial score (nSPS) is 21.0. The molecule has 1 N–H and O–H groups in total. The average molecular weight is 519 g/mol. The average Bonchev–Trinajstić information content (AvgIpc) is 3.13. The van der Waals surface area contributed by atoms with E-state index in [9.17, 15) is 27.2 Å². The lowest BCUT2D eigenvalue weighted by Gasteiger charge is -2.34. The molecule has 0 saturated carbocycles. The van der Waals surface area contributed by atoms with Gasteiger partial charge in [0, 0.05) is 26.2 Å². The Morgan fingerprint density at radius 3 is 2.33 bits per heavy atom. The summed E-state index contributed by atoms with van der Waals surface area (Å²) in [7, 11) is -2.39. The van der Waals surface area contributed by atoms with Gasteiger partial charge in [-0.1, -0.05) is 25.1 Å². The van der Waals surface area contributed by atoms with E-state index in [-0.39, 0.29) is 37.5 Å². The predicted octanol–water partition coefficient (Wildman–Crippen LogP) is 1.52. The van der Waals surface area contributed by atoms with E-state index in [1.54, 1.807) is 31.2 Å². The van der Waals surface area contributed by atoms with Crippen molar-refractivity contribution >= 4 is 27.9 Å². The Balaban J connectivity index is 1.42. The molecule has 0 aromatic heterocycles. The van der Waals surface area contributed by atoms with Gasteiger partial charge >= 0.3 is 6.03 Å². The van der Waals surface area contributed by atoms with Gasteiger partial charge in [-0.15, -0.1) is 0 Å². The van der Waals surface area contributed by atoms with Crippen molar-refractivity contribution in [3.05, 3.63) is 59.9 Å². The molecule has 1 atom stereocenters. The molecule has 192 valence electrons. The second-order valence-corrected chi connectivity index (χ2v) is 10.5. The summed E-state index contributed by atoms with van der Waals surface area (Å²) in [5, 5.41) is 2.74. The monoisotopic (exact) mass is 518 g/mol. The molecular weight excluding hydrogens is 491 g/mol. The predicted molar refractivity (Wildman–Crippen MR) is 127 cm³/mol. The lowest BCUT2D eigenvalue weighted by atomic mass is 9.87. The van der Waals surface area contributed by atoms with E-state index in [0.717, 1.165) is 17.0 Å². The highest BCUT2D eigenvalue weighted by Gasteiger charge is 2.52. The zero-order chi connectivity index (χ0) is 26.1. The van der Waals surface area contributed by atoms with Crippen LogP contribution in [0.3, 0.4) is 0 Å². The molecule has 10 nitrogen and oxygen atoms in total. The molecule has 0 radical (unpaired) electrons. The van der Waals surface area contributed by atoms with Crippen LogP contribution < -0.4 is 10.1 Å². The second-order valence-electron chi connectivity index (χ2n) is 8.55. The van der Waals surface area contributed by atoms with Crippen LogP contribution in [-0.2, 0) is 25.2 Å². The topological polar surface area (TPSA) is 116 Å². The zero-order valence-corrected chi connectivity index (χ0v) is 20.8. The van der Waals surface area contributed by atoms with E-state index < -0.39 is 45.8 Å². The van der Waals surface area contributed by atoms with Crippen molar-refractivity contribution in [3.63, 3.8) is 0 Å². The third kappa shape index (κ3) is 4.53. The SMILES string of the molecule is CCC1(c2ccc(OC)cc2)NC(=O)N(CC(=O)N2CCN(S(=O)(=O)c3cccc(F)c3)CC2)C1=O. The molecule has 2 aliphatic heterocycles. The summed E-state index contributed by atoms with van der Waals surface area (Å²) in [5.41, 5.74) is -0.711. The summed E-state index contributed by atoms with van der Waals surface area (Å²) >= 11 is 0. The minimum absolute atomic E-state index is 0.00940. The van der Waals surface area contributed by atoms with Gasteiger partial charge in [0.05, 0.1) is 12.0 Å². The first-order chi connectivity index (χ1) is 17.1. The number of ether oxygens (including phenoxy) is 1. The maximum Gasteiger partial charge on any atom is 0.325 e. The number of hydrogen-bond donors (Lipinski definition) is 1. The highest BCUT2D eigenvalue weighted by atomic mass is 32.2. The van der Waals surface area contributed by atoms with Gasteiger partial charge in [0.15, 0.2) is 0 Å². The second kappa shape index (κ2) is 9.86. The van der Waals surface area contributed by atoms with E-state index >= 15 is 0 Å². The number of hydrogen-bond acceptors (Lipinski definition) is 6. The highest BCUT2D eigenvalue weighted by Crippen LogP contribution is 2.33. The van der Waals surface area contributed by atoms with Crippen LogP contribution in [0.25, 0.3) is 0 Å². The minimum atomic E-state index is -3.91. The number of imide groups is 1. The molecular formula is C24H27FN4O6S. The Labute approximate surface area is 208 Å². The molecule has 2 aromatic carbocycles. The zero-order valence-electron chi connectivity index (χ0n) is 19.9. The number of carbonyl (C=O) groups is 3. The summed E-state index contributed by atoms with van der Waals surface area (Å²) in [4.78, 5) is 41.2. The third-order valence-electron chi connectivity index (χ3n) is 6.61. The van der Waals surface area contributed by atoms with Gasteiger partial charge in [0.25, 0.3) is 5.91 Å². The summed E-state index contributed by atoms with van der Waals surface area (Å²) in [6.07, 6.45) is 0.283. The summed E-state index contributed by atoms with van der Waals surface area (Å²) in [5.74, 6) is -1.05. The van der Waals surface area contributed by atoms with Gasteiger partial charge in [0.2, 0.25) is 15.9 Å². The number of methoxy groups -OCH3 is 1. The maximum atomic E-state index is 13.5. The van der Waals surface area contributed by atoms with Crippen LogP contribution in [0.4, 0.5) is 9.18 Å². The lowest BCUT2D eigenvalue weighted by Crippen LogP contribution is -2.53. The third-order valence-corrected chi connectivity index (χ3v) is 8.50. The van der Waals surface area contributed by atoms with Crippen LogP contribution in [-0.4, -0.2) is 80.2 Å².